The van der Waals surface area contributed by atoms with Crippen LogP contribution in [0, 0.1) is 0 Å². The number of fused-ring (bicyclic) bond motifs is 6. The lowest BCUT2D eigenvalue weighted by molar-refractivity contribution is 0.275. The van der Waals surface area contributed by atoms with Crippen LogP contribution in [0.3, 0.4) is 0 Å². The van der Waals surface area contributed by atoms with Gasteiger partial charge in [0.2, 0.25) is 0 Å². The fraction of sp³-hybridized carbons (Fsp3) is 0.250. The largest absolute Gasteiger partial charge is 0.457 e. The molecule has 0 fully saturated rings. The summed E-state index contributed by atoms with van der Waals surface area (Å²) in [5.41, 5.74) is 12.2. The second-order valence-electron chi connectivity index (χ2n) is 17.2. The van der Waals surface area contributed by atoms with E-state index in [1.54, 1.807) is 0 Å². The lowest BCUT2D eigenvalue weighted by Gasteiger charge is -2.47. The van der Waals surface area contributed by atoms with Gasteiger partial charge in [-0.3, -0.25) is 4.40 Å². The number of para-hydroxylation sites is 1. The van der Waals surface area contributed by atoms with E-state index in [1.165, 1.54) is 49.9 Å². The third kappa shape index (κ3) is 4.08. The highest BCUT2D eigenvalue weighted by atomic mass is 16.5. The minimum Gasteiger partial charge on any atom is -0.457 e. The Morgan fingerprint density at radius 3 is 1.91 bits per heavy atom. The number of rotatable bonds is 4. The molecule has 3 aromatic heterocycles. The van der Waals surface area contributed by atoms with Gasteiger partial charge in [0.25, 0.3) is 0 Å². The molecule has 2 aliphatic heterocycles. The molecular formula is C48H44N4O. The lowest BCUT2D eigenvalue weighted by atomic mass is 9.59. The maximum atomic E-state index is 6.80. The molecule has 53 heavy (non-hydrogen) atoms. The summed E-state index contributed by atoms with van der Waals surface area (Å²) in [5.74, 6) is 1.55. The van der Waals surface area contributed by atoms with Crippen LogP contribution in [0.25, 0.3) is 55.4 Å². The van der Waals surface area contributed by atoms with Crippen molar-refractivity contribution in [1.29, 1.82) is 0 Å². The summed E-state index contributed by atoms with van der Waals surface area (Å²) in [4.78, 5) is 5.51. The first kappa shape index (κ1) is 32.0. The first-order valence-electron chi connectivity index (χ1n) is 18.8. The fourth-order valence-corrected chi connectivity index (χ4v) is 9.35. The molecule has 5 heteroatoms. The molecular weight excluding hydrogens is 649 g/mol. The van der Waals surface area contributed by atoms with E-state index < -0.39 is 0 Å². The number of pyridine rings is 1. The van der Waals surface area contributed by atoms with Crippen LogP contribution in [0.1, 0.15) is 77.9 Å². The molecule has 0 unspecified atom stereocenters. The molecule has 0 saturated carbocycles. The van der Waals surface area contributed by atoms with E-state index in [4.69, 9.17) is 14.8 Å². The number of nitrogens with zero attached hydrogens (tertiary/aromatic N) is 4. The van der Waals surface area contributed by atoms with Crippen molar-refractivity contribution in [2.75, 3.05) is 0 Å². The van der Waals surface area contributed by atoms with Crippen molar-refractivity contribution in [2.45, 2.75) is 77.0 Å². The molecule has 0 N–H and O–H groups in total. The Morgan fingerprint density at radius 1 is 0.528 bits per heavy atom. The summed E-state index contributed by atoms with van der Waals surface area (Å²) in [6.07, 6.45) is 2.02. The van der Waals surface area contributed by atoms with Crippen LogP contribution in [-0.4, -0.2) is 19.2 Å². The lowest BCUT2D eigenvalue weighted by Crippen LogP contribution is -2.46. The molecule has 5 aromatic carbocycles. The van der Waals surface area contributed by atoms with Gasteiger partial charge < -0.3 is 4.74 Å². The van der Waals surface area contributed by atoms with Crippen LogP contribution in [-0.2, 0) is 21.7 Å². The summed E-state index contributed by atoms with van der Waals surface area (Å²) < 4.78 is 11.4. The quantitative estimate of drug-likeness (QED) is 0.172. The second-order valence-corrected chi connectivity index (χ2v) is 17.2. The average molecular weight is 693 g/mol. The van der Waals surface area contributed by atoms with Gasteiger partial charge in [-0.2, -0.15) is 5.10 Å². The Kier molecular flexibility index (Phi) is 6.32. The predicted molar refractivity (Wildman–Crippen MR) is 217 cm³/mol. The van der Waals surface area contributed by atoms with Crippen LogP contribution in [0.4, 0.5) is 0 Å². The summed E-state index contributed by atoms with van der Waals surface area (Å²) in [6.45, 7) is 18.9. The minimum absolute atomic E-state index is 0.123. The zero-order chi connectivity index (χ0) is 36.7. The molecule has 262 valence electrons. The van der Waals surface area contributed by atoms with Crippen molar-refractivity contribution in [1.82, 2.24) is 19.2 Å². The monoisotopic (exact) mass is 692 g/mol. The van der Waals surface area contributed by atoms with Gasteiger partial charge in [0.15, 0.2) is 0 Å². The second kappa shape index (κ2) is 10.5. The Labute approximate surface area is 310 Å². The molecule has 8 aromatic rings. The maximum Gasteiger partial charge on any atom is 0.146 e. The minimum atomic E-state index is -0.197. The highest BCUT2D eigenvalue weighted by Gasteiger charge is 2.49. The van der Waals surface area contributed by atoms with E-state index in [2.05, 4.69) is 180 Å². The van der Waals surface area contributed by atoms with Crippen molar-refractivity contribution in [2.24, 2.45) is 0 Å². The Morgan fingerprint density at radius 2 is 1.17 bits per heavy atom. The van der Waals surface area contributed by atoms with E-state index in [0.717, 1.165) is 39.5 Å². The third-order valence-corrected chi connectivity index (χ3v) is 13.6. The predicted octanol–water partition coefficient (Wildman–Crippen LogP) is 12.1. The molecule has 0 atom stereocenters. The number of hydrogen-bond donors (Lipinski definition) is 0. The molecule has 2 aliphatic rings. The summed E-state index contributed by atoms with van der Waals surface area (Å²) in [7, 11) is 0. The van der Waals surface area contributed by atoms with Crippen LogP contribution in [0.2, 0.25) is 0 Å². The number of hydrogen-bond acceptors (Lipinski definition) is 3. The van der Waals surface area contributed by atoms with Gasteiger partial charge in [0.1, 0.15) is 17.1 Å². The average Bonchev–Trinajstić information content (AvgIpc) is 3.79. The topological polar surface area (TPSA) is 44.4 Å². The molecule has 0 amide bonds. The van der Waals surface area contributed by atoms with E-state index in [0.29, 0.717) is 0 Å². The van der Waals surface area contributed by atoms with Gasteiger partial charge in [0, 0.05) is 49.6 Å². The van der Waals surface area contributed by atoms with Crippen LogP contribution < -0.4 is 4.74 Å². The standard InChI is InChI=1S/C48H44N4O/c1-45(2)37-25-23-32(27-39(37)52-42(47(45,5)6)36(28-49-52)29-16-11-9-12-17-29)53-31-22-24-33-34-20-15-21-38-41(34)51-43(48(7,8)46(38,3)4)40(30-18-13-10-14-19-30)50-44(51)35(33)26-31/h9-28H,1-8H3. The summed E-state index contributed by atoms with van der Waals surface area (Å²) in [6, 6.07) is 41.1. The highest BCUT2D eigenvalue weighted by Crippen LogP contribution is 2.55. The van der Waals surface area contributed by atoms with Crippen molar-refractivity contribution in [3.63, 3.8) is 0 Å². The first-order chi connectivity index (χ1) is 25.3. The van der Waals surface area contributed by atoms with E-state index in [1.807, 2.05) is 6.20 Å². The molecule has 5 heterocycles. The van der Waals surface area contributed by atoms with Gasteiger partial charge in [-0.1, -0.05) is 140 Å². The van der Waals surface area contributed by atoms with Gasteiger partial charge in [-0.25, -0.2) is 9.67 Å². The zero-order valence-corrected chi connectivity index (χ0v) is 31.7. The molecule has 5 nitrogen and oxygen atoms in total. The number of aromatic nitrogens is 4. The van der Waals surface area contributed by atoms with Crippen LogP contribution in [0.5, 0.6) is 11.5 Å². The maximum absolute atomic E-state index is 6.80. The van der Waals surface area contributed by atoms with Gasteiger partial charge >= 0.3 is 0 Å². The molecule has 0 radical (unpaired) electrons. The van der Waals surface area contributed by atoms with Crippen molar-refractivity contribution in [3.05, 3.63) is 144 Å². The normalized spacial score (nSPS) is 17.3. The fourth-order valence-electron chi connectivity index (χ4n) is 9.35. The molecule has 0 saturated heterocycles. The van der Waals surface area contributed by atoms with Crippen LogP contribution >= 0.6 is 0 Å². The molecule has 0 bridgehead atoms. The smallest absolute Gasteiger partial charge is 0.146 e. The summed E-state index contributed by atoms with van der Waals surface area (Å²) in [5, 5.41) is 8.50. The van der Waals surface area contributed by atoms with Gasteiger partial charge in [-0.05, 0) is 46.3 Å². The number of benzene rings is 5. The Balaban J connectivity index is 1.16. The zero-order valence-electron chi connectivity index (χ0n) is 31.7. The van der Waals surface area contributed by atoms with Crippen LogP contribution in [0.15, 0.2) is 121 Å². The molecule has 0 spiro atoms. The van der Waals surface area contributed by atoms with E-state index in [9.17, 15) is 0 Å². The summed E-state index contributed by atoms with van der Waals surface area (Å²) >= 11 is 0. The van der Waals surface area contributed by atoms with Crippen molar-refractivity contribution in [3.8, 4) is 39.6 Å². The SMILES string of the molecule is CC1(C)c2ccc(Oc3ccc4c(c3)c3nc(-c5ccccc5)c5n3c3c(cccc43)C(C)(C)C5(C)C)cc2-n2ncc(-c3ccccc3)c2C1(C)C. The molecule has 10 rings (SSSR count). The number of ether oxygens (including phenoxy) is 1. The first-order valence-corrected chi connectivity index (χ1v) is 18.8. The third-order valence-electron chi connectivity index (χ3n) is 13.6. The highest BCUT2D eigenvalue weighted by molar-refractivity contribution is 6.14. The van der Waals surface area contributed by atoms with E-state index >= 15 is 0 Å². The Bertz CT molecular complexity index is 2800. The van der Waals surface area contributed by atoms with Gasteiger partial charge in [-0.15, -0.1) is 0 Å². The Hall–Kier alpha value is -5.68. The van der Waals surface area contributed by atoms with E-state index in [-0.39, 0.29) is 21.7 Å². The van der Waals surface area contributed by atoms with Gasteiger partial charge in [0.05, 0.1) is 34.5 Å². The van der Waals surface area contributed by atoms with Crippen molar-refractivity contribution >= 4 is 27.3 Å². The van der Waals surface area contributed by atoms with Crippen molar-refractivity contribution < 1.29 is 4.74 Å². The molecule has 0 aliphatic carbocycles. The number of imidazole rings is 1.